The first kappa shape index (κ1) is 10.8. The summed E-state index contributed by atoms with van der Waals surface area (Å²) in [5.74, 6) is 0. The van der Waals surface area contributed by atoms with Crippen molar-refractivity contribution in [2.75, 3.05) is 6.54 Å². The molecule has 1 heterocycles. The van der Waals surface area contributed by atoms with Gasteiger partial charge < -0.3 is 5.32 Å². The average molecular weight is 267 g/mol. The molecule has 3 heteroatoms. The molecule has 1 aliphatic carbocycles. The van der Waals surface area contributed by atoms with Gasteiger partial charge >= 0.3 is 0 Å². The summed E-state index contributed by atoms with van der Waals surface area (Å²) in [5, 5.41) is 3.47. The summed E-state index contributed by atoms with van der Waals surface area (Å²) < 4.78 is 0.991. The molecule has 0 saturated heterocycles. The molecule has 0 spiro atoms. The van der Waals surface area contributed by atoms with Gasteiger partial charge in [0.25, 0.3) is 0 Å². The van der Waals surface area contributed by atoms with Crippen LogP contribution in [0.5, 0.6) is 0 Å². The van der Waals surface area contributed by atoms with Crippen molar-refractivity contribution in [1.29, 1.82) is 0 Å². The number of rotatable bonds is 3. The van der Waals surface area contributed by atoms with Gasteiger partial charge in [-0.1, -0.05) is 28.6 Å². The predicted octanol–water partition coefficient (Wildman–Crippen LogP) is 2.96. The summed E-state index contributed by atoms with van der Waals surface area (Å²) in [6, 6.07) is 4.59. The number of fused-ring (bicyclic) bond motifs is 1. The first-order valence-electron chi connectivity index (χ1n) is 5.28. The van der Waals surface area contributed by atoms with Crippen molar-refractivity contribution < 1.29 is 0 Å². The fourth-order valence-electron chi connectivity index (χ4n) is 2.04. The molecule has 15 heavy (non-hydrogen) atoms. The number of hydrogen-bond donors (Lipinski definition) is 1. The van der Waals surface area contributed by atoms with Crippen LogP contribution in [0.3, 0.4) is 0 Å². The van der Waals surface area contributed by atoms with Crippen LogP contribution in [-0.4, -0.2) is 11.5 Å². The molecule has 2 nitrogen and oxygen atoms in total. The smallest absolute Gasteiger partial charge is 0.0605 e. The SMILES string of the molecule is C=C(Br)CNC1CCCc2cccnc21. The van der Waals surface area contributed by atoms with Gasteiger partial charge in [0.05, 0.1) is 11.7 Å². The zero-order valence-corrected chi connectivity index (χ0v) is 10.3. The third kappa shape index (κ3) is 2.67. The van der Waals surface area contributed by atoms with Crippen molar-refractivity contribution in [3.05, 3.63) is 40.6 Å². The van der Waals surface area contributed by atoms with E-state index in [9.17, 15) is 0 Å². The monoisotopic (exact) mass is 266 g/mol. The Bertz CT molecular complexity index is 362. The van der Waals surface area contributed by atoms with E-state index in [4.69, 9.17) is 0 Å². The largest absolute Gasteiger partial charge is 0.304 e. The molecule has 1 atom stereocenters. The first-order valence-corrected chi connectivity index (χ1v) is 6.07. The lowest BCUT2D eigenvalue weighted by molar-refractivity contribution is 0.467. The van der Waals surface area contributed by atoms with Crippen LogP contribution in [0.25, 0.3) is 0 Å². The number of nitrogens with one attached hydrogen (secondary N) is 1. The fourth-order valence-corrected chi connectivity index (χ4v) is 2.20. The number of halogens is 1. The minimum absolute atomic E-state index is 0.393. The Morgan fingerprint density at radius 1 is 1.67 bits per heavy atom. The lowest BCUT2D eigenvalue weighted by Crippen LogP contribution is -2.27. The Labute approximate surface area is 98.9 Å². The Hall–Kier alpha value is -0.670. The van der Waals surface area contributed by atoms with Gasteiger partial charge in [0.1, 0.15) is 0 Å². The summed E-state index contributed by atoms with van der Waals surface area (Å²) >= 11 is 3.36. The summed E-state index contributed by atoms with van der Waals surface area (Å²) in [7, 11) is 0. The Kier molecular flexibility index (Phi) is 3.54. The Morgan fingerprint density at radius 3 is 3.33 bits per heavy atom. The second kappa shape index (κ2) is 4.90. The molecule has 0 amide bonds. The molecular formula is C12H15BrN2. The highest BCUT2D eigenvalue weighted by molar-refractivity contribution is 9.11. The van der Waals surface area contributed by atoms with Crippen molar-refractivity contribution >= 4 is 15.9 Å². The van der Waals surface area contributed by atoms with Crippen LogP contribution in [0.15, 0.2) is 29.4 Å². The molecule has 0 aromatic carbocycles. The summed E-state index contributed by atoms with van der Waals surface area (Å²) in [6.07, 6.45) is 5.45. The van der Waals surface area contributed by atoms with Gasteiger partial charge in [-0.2, -0.15) is 0 Å². The van der Waals surface area contributed by atoms with Crippen LogP contribution in [0, 0.1) is 0 Å². The molecule has 0 aliphatic heterocycles. The number of aromatic nitrogens is 1. The fraction of sp³-hybridized carbons (Fsp3) is 0.417. The van der Waals surface area contributed by atoms with Crippen molar-refractivity contribution in [3.8, 4) is 0 Å². The first-order chi connectivity index (χ1) is 7.27. The van der Waals surface area contributed by atoms with E-state index in [2.05, 4.69) is 38.9 Å². The van der Waals surface area contributed by atoms with Crippen LogP contribution in [0.1, 0.15) is 30.1 Å². The van der Waals surface area contributed by atoms with Crippen molar-refractivity contribution in [1.82, 2.24) is 10.3 Å². The molecule has 0 fully saturated rings. The second-order valence-corrected chi connectivity index (χ2v) is 5.01. The standard InChI is InChI=1S/C12H15BrN2/c1-9(13)8-15-11-6-2-4-10-5-3-7-14-12(10)11/h3,5,7,11,15H,1-2,4,6,8H2. The highest BCUT2D eigenvalue weighted by Crippen LogP contribution is 2.27. The van der Waals surface area contributed by atoms with E-state index in [1.165, 1.54) is 24.1 Å². The lowest BCUT2D eigenvalue weighted by Gasteiger charge is -2.25. The van der Waals surface area contributed by atoms with Gasteiger partial charge in [-0.3, -0.25) is 4.98 Å². The molecule has 1 aliphatic rings. The van der Waals surface area contributed by atoms with E-state index in [-0.39, 0.29) is 0 Å². The number of nitrogens with zero attached hydrogens (tertiary/aromatic N) is 1. The zero-order chi connectivity index (χ0) is 10.7. The van der Waals surface area contributed by atoms with Crippen molar-refractivity contribution in [2.24, 2.45) is 0 Å². The lowest BCUT2D eigenvalue weighted by atomic mass is 9.92. The van der Waals surface area contributed by atoms with Crippen LogP contribution in [-0.2, 0) is 6.42 Å². The molecule has 0 bridgehead atoms. The van der Waals surface area contributed by atoms with Crippen molar-refractivity contribution in [2.45, 2.75) is 25.3 Å². The van der Waals surface area contributed by atoms with Crippen LogP contribution >= 0.6 is 15.9 Å². The third-order valence-corrected chi connectivity index (χ3v) is 3.02. The van der Waals surface area contributed by atoms with Gasteiger partial charge in [0.2, 0.25) is 0 Å². The molecule has 1 aromatic rings. The van der Waals surface area contributed by atoms with E-state index in [1.54, 1.807) is 0 Å². The van der Waals surface area contributed by atoms with Gasteiger partial charge in [-0.25, -0.2) is 0 Å². The summed E-state index contributed by atoms with van der Waals surface area (Å²) in [6.45, 7) is 4.64. The Balaban J connectivity index is 2.11. The number of aryl methyl sites for hydroxylation is 1. The topological polar surface area (TPSA) is 24.9 Å². The van der Waals surface area contributed by atoms with E-state index in [0.717, 1.165) is 17.4 Å². The van der Waals surface area contributed by atoms with Crippen molar-refractivity contribution in [3.63, 3.8) is 0 Å². The van der Waals surface area contributed by atoms with Gasteiger partial charge in [-0.15, -0.1) is 0 Å². The molecule has 0 radical (unpaired) electrons. The van der Waals surface area contributed by atoms with Gasteiger partial charge in [-0.05, 0) is 30.9 Å². The Morgan fingerprint density at radius 2 is 2.53 bits per heavy atom. The maximum atomic E-state index is 4.47. The number of pyridine rings is 1. The van der Waals surface area contributed by atoms with Crippen LogP contribution in [0.2, 0.25) is 0 Å². The van der Waals surface area contributed by atoms with Crippen LogP contribution in [0.4, 0.5) is 0 Å². The van der Waals surface area contributed by atoms with E-state index >= 15 is 0 Å². The van der Waals surface area contributed by atoms with Crippen LogP contribution < -0.4 is 5.32 Å². The third-order valence-electron chi connectivity index (χ3n) is 2.74. The number of hydrogen-bond acceptors (Lipinski definition) is 2. The second-order valence-electron chi connectivity index (χ2n) is 3.89. The normalized spacial score (nSPS) is 19.7. The average Bonchev–Trinajstić information content (AvgIpc) is 2.26. The van der Waals surface area contributed by atoms with Gasteiger partial charge in [0, 0.05) is 17.2 Å². The molecule has 1 aromatic heterocycles. The maximum absolute atomic E-state index is 4.47. The summed E-state index contributed by atoms with van der Waals surface area (Å²) in [4.78, 5) is 4.47. The van der Waals surface area contributed by atoms with E-state index < -0.39 is 0 Å². The van der Waals surface area contributed by atoms with Gasteiger partial charge in [0.15, 0.2) is 0 Å². The molecule has 0 saturated carbocycles. The predicted molar refractivity (Wildman–Crippen MR) is 66.0 cm³/mol. The molecular weight excluding hydrogens is 252 g/mol. The molecule has 1 unspecified atom stereocenters. The zero-order valence-electron chi connectivity index (χ0n) is 8.67. The van der Waals surface area contributed by atoms with E-state index in [0.29, 0.717) is 6.04 Å². The minimum atomic E-state index is 0.393. The minimum Gasteiger partial charge on any atom is -0.304 e. The quantitative estimate of drug-likeness (QED) is 0.910. The van der Waals surface area contributed by atoms with E-state index in [1.807, 2.05) is 12.3 Å². The highest BCUT2D eigenvalue weighted by Gasteiger charge is 2.20. The maximum Gasteiger partial charge on any atom is 0.0605 e. The summed E-state index contributed by atoms with van der Waals surface area (Å²) in [5.41, 5.74) is 2.61. The molecule has 2 rings (SSSR count). The molecule has 1 N–H and O–H groups in total. The molecule has 80 valence electrons. The highest BCUT2D eigenvalue weighted by atomic mass is 79.9.